The number of alkyl halides is 2. The molecule has 1 aromatic heterocycles. The van der Waals surface area contributed by atoms with E-state index in [1.807, 2.05) is 4.90 Å². The minimum atomic E-state index is -2.77. The number of anilines is 1. The number of rotatable bonds is 6. The van der Waals surface area contributed by atoms with E-state index in [0.717, 1.165) is 25.7 Å². The average Bonchev–Trinajstić information content (AvgIpc) is 3.40. The summed E-state index contributed by atoms with van der Waals surface area (Å²) in [4.78, 5) is 2.00. The van der Waals surface area contributed by atoms with Crippen LogP contribution in [-0.4, -0.2) is 53.9 Å². The van der Waals surface area contributed by atoms with Gasteiger partial charge in [0.05, 0.1) is 0 Å². The second-order valence-corrected chi connectivity index (χ2v) is 9.55. The molecule has 5 nitrogen and oxygen atoms in total. The molecule has 3 heterocycles. The minimum absolute atomic E-state index is 0.00294. The Labute approximate surface area is 195 Å². The molecule has 1 saturated carbocycles. The van der Waals surface area contributed by atoms with Crippen molar-refractivity contribution in [1.29, 1.82) is 0 Å². The fourth-order valence-electron chi connectivity index (χ4n) is 5.52. The summed E-state index contributed by atoms with van der Waals surface area (Å²) in [5.74, 6) is 0.491. The number of hydrogen-bond acceptors (Lipinski definition) is 5. The molecule has 3 aliphatic rings. The Morgan fingerprint density at radius 2 is 1.88 bits per heavy atom. The smallest absolute Gasteiger partial charge is 0.266 e. The molecular formula is C25H31F3N4O. The highest BCUT2D eigenvalue weighted by molar-refractivity contribution is 5.68. The maximum atomic E-state index is 13.9. The van der Waals surface area contributed by atoms with Gasteiger partial charge in [-0.05, 0) is 74.1 Å². The molecule has 33 heavy (non-hydrogen) atoms. The molecule has 1 N–H and O–H groups in total. The van der Waals surface area contributed by atoms with Crippen molar-refractivity contribution in [3.05, 3.63) is 41.2 Å². The van der Waals surface area contributed by atoms with Crippen LogP contribution in [0.3, 0.4) is 0 Å². The van der Waals surface area contributed by atoms with E-state index in [1.165, 1.54) is 18.2 Å². The van der Waals surface area contributed by atoms with Crippen LogP contribution in [0.25, 0.3) is 11.3 Å². The van der Waals surface area contributed by atoms with E-state index in [1.54, 1.807) is 13.0 Å². The van der Waals surface area contributed by atoms with Crippen LogP contribution in [0.4, 0.5) is 19.0 Å². The molecule has 178 valence electrons. The molecular weight excluding hydrogens is 429 g/mol. The lowest BCUT2D eigenvalue weighted by molar-refractivity contribution is 0.0545. The molecule has 8 heteroatoms. The van der Waals surface area contributed by atoms with Gasteiger partial charge in [-0.25, -0.2) is 13.2 Å². The number of nitrogens with zero attached hydrogens (tertiary/aromatic N) is 3. The summed E-state index contributed by atoms with van der Waals surface area (Å²) < 4.78 is 64.4. The Bertz CT molecular complexity index is 1050. The molecule has 0 bridgehead atoms. The quantitative estimate of drug-likeness (QED) is 0.649. The number of ether oxygens (including phenoxy) is 1. The zero-order valence-electron chi connectivity index (χ0n) is 20.7. The number of aromatic nitrogens is 2. The van der Waals surface area contributed by atoms with Crippen molar-refractivity contribution in [2.24, 2.45) is 17.8 Å². The Balaban J connectivity index is 1.25. The van der Waals surface area contributed by atoms with Crippen molar-refractivity contribution >= 4 is 5.82 Å². The second-order valence-electron chi connectivity index (χ2n) is 9.55. The molecule has 1 unspecified atom stereocenters. The molecule has 2 aliphatic heterocycles. The van der Waals surface area contributed by atoms with E-state index in [0.29, 0.717) is 49.3 Å². The number of fused-ring (bicyclic) bond motifs is 1. The van der Waals surface area contributed by atoms with Crippen LogP contribution in [0.2, 0.25) is 0 Å². The monoisotopic (exact) mass is 462 g/mol. The maximum Gasteiger partial charge on any atom is 0.266 e. The number of aryl methyl sites for hydroxylation is 1. The van der Waals surface area contributed by atoms with Gasteiger partial charge in [-0.1, -0.05) is 6.07 Å². The van der Waals surface area contributed by atoms with Crippen LogP contribution in [0.15, 0.2) is 24.3 Å². The highest BCUT2D eigenvalue weighted by Gasteiger charge is 2.41. The van der Waals surface area contributed by atoms with Crippen LogP contribution >= 0.6 is 0 Å². The van der Waals surface area contributed by atoms with Gasteiger partial charge in [0, 0.05) is 52.7 Å². The van der Waals surface area contributed by atoms with Crippen molar-refractivity contribution < 1.29 is 20.6 Å². The molecule has 5 rings (SSSR count). The topological polar surface area (TPSA) is 50.3 Å². The highest BCUT2D eigenvalue weighted by atomic mass is 19.3. The van der Waals surface area contributed by atoms with Crippen molar-refractivity contribution in [3.63, 3.8) is 0 Å². The molecule has 0 radical (unpaired) electrons. The standard InChI is InChI=1S/C25H31F3N4O/c1-15-2-3-19(26)10-21(15)24-22(25(27)28)11-23(30-31-24)29-20-8-17-13-32(14-18(17)9-20)12-16-4-6-33-7-5-16/h2-3,10-11,16-18,20,25H,4-9,12-14H2,1H3,(H,29,30)/t17-,18+,20?/i12D2. The van der Waals surface area contributed by atoms with Crippen LogP contribution in [0, 0.1) is 30.5 Å². The lowest BCUT2D eigenvalue weighted by Gasteiger charge is -2.27. The number of hydrogen-bond donors (Lipinski definition) is 1. The van der Waals surface area contributed by atoms with E-state index < -0.39 is 18.7 Å². The van der Waals surface area contributed by atoms with Crippen LogP contribution in [0.5, 0.6) is 0 Å². The zero-order chi connectivity index (χ0) is 24.7. The first-order chi connectivity index (χ1) is 16.7. The third-order valence-electron chi connectivity index (χ3n) is 7.20. The summed E-state index contributed by atoms with van der Waals surface area (Å²) in [6, 6.07) is 5.43. The maximum absolute atomic E-state index is 13.9. The van der Waals surface area contributed by atoms with E-state index in [4.69, 9.17) is 7.48 Å². The molecule has 0 amide bonds. The summed E-state index contributed by atoms with van der Waals surface area (Å²) in [5.41, 5.74) is 0.688. The van der Waals surface area contributed by atoms with E-state index >= 15 is 0 Å². The lowest BCUT2D eigenvalue weighted by atomic mass is 10.00. The molecule has 2 saturated heterocycles. The first-order valence-electron chi connectivity index (χ1n) is 12.7. The van der Waals surface area contributed by atoms with Crippen molar-refractivity contribution in [2.45, 2.75) is 45.1 Å². The van der Waals surface area contributed by atoms with Gasteiger partial charge in [-0.3, -0.25) is 0 Å². The normalized spacial score (nSPS) is 27.5. The van der Waals surface area contributed by atoms with Crippen LogP contribution < -0.4 is 5.32 Å². The number of benzene rings is 1. The highest BCUT2D eigenvalue weighted by Crippen LogP contribution is 2.40. The van der Waals surface area contributed by atoms with Gasteiger partial charge in [0.2, 0.25) is 0 Å². The van der Waals surface area contributed by atoms with Gasteiger partial charge in [-0.2, -0.15) is 0 Å². The SMILES string of the molecule is [2H]C([2H])(C1CCOCC1)N1C[C@H]2CC(Nc3cc(C(F)F)c(-c4cc(F)ccc4C)nn3)C[C@H]2C1. The van der Waals surface area contributed by atoms with E-state index in [-0.39, 0.29) is 29.0 Å². The van der Waals surface area contributed by atoms with Gasteiger partial charge in [0.1, 0.15) is 17.3 Å². The number of nitrogens with one attached hydrogen (secondary N) is 1. The van der Waals surface area contributed by atoms with E-state index in [9.17, 15) is 13.2 Å². The zero-order valence-corrected chi connectivity index (χ0v) is 18.7. The van der Waals surface area contributed by atoms with Crippen molar-refractivity contribution in [3.8, 4) is 11.3 Å². The molecule has 3 atom stereocenters. The predicted octanol–water partition coefficient (Wildman–Crippen LogP) is 5.08. The summed E-state index contributed by atoms with van der Waals surface area (Å²) in [5, 5.41) is 11.5. The van der Waals surface area contributed by atoms with Gasteiger partial charge in [-0.15, -0.1) is 10.2 Å². The van der Waals surface area contributed by atoms with Gasteiger partial charge >= 0.3 is 0 Å². The van der Waals surface area contributed by atoms with E-state index in [2.05, 4.69) is 15.5 Å². The number of likely N-dealkylation sites (tertiary alicyclic amines) is 1. The Morgan fingerprint density at radius 3 is 2.58 bits per heavy atom. The largest absolute Gasteiger partial charge is 0.381 e. The number of halogens is 3. The summed E-state index contributed by atoms with van der Waals surface area (Å²) in [6.07, 6.45) is 0.397. The Kier molecular flexibility index (Phi) is 5.87. The summed E-state index contributed by atoms with van der Waals surface area (Å²) in [7, 11) is 0. The van der Waals surface area contributed by atoms with Crippen LogP contribution in [0.1, 0.15) is 46.0 Å². The molecule has 1 aliphatic carbocycles. The fraction of sp³-hybridized carbons (Fsp3) is 0.600. The second kappa shape index (κ2) is 9.58. The third kappa shape index (κ3) is 5.01. The lowest BCUT2D eigenvalue weighted by Crippen LogP contribution is -2.32. The molecule has 3 fully saturated rings. The molecule has 1 aromatic carbocycles. The van der Waals surface area contributed by atoms with Gasteiger partial charge < -0.3 is 15.0 Å². The van der Waals surface area contributed by atoms with Crippen LogP contribution in [-0.2, 0) is 4.74 Å². The first kappa shape index (κ1) is 20.2. The first-order valence-corrected chi connectivity index (χ1v) is 11.7. The fourth-order valence-corrected chi connectivity index (χ4v) is 5.52. The van der Waals surface area contributed by atoms with Crippen molar-refractivity contribution in [1.82, 2.24) is 15.1 Å². The molecule has 2 aromatic rings. The van der Waals surface area contributed by atoms with Gasteiger partial charge in [0.25, 0.3) is 6.43 Å². The minimum Gasteiger partial charge on any atom is -0.381 e. The Hall–Kier alpha value is -2.19. The summed E-state index contributed by atoms with van der Waals surface area (Å²) in [6.45, 7) is 3.05. The predicted molar refractivity (Wildman–Crippen MR) is 121 cm³/mol. The van der Waals surface area contributed by atoms with Crippen molar-refractivity contribution in [2.75, 3.05) is 38.1 Å². The van der Waals surface area contributed by atoms with Gasteiger partial charge in [0.15, 0.2) is 0 Å². The Morgan fingerprint density at radius 1 is 1.15 bits per heavy atom. The summed E-state index contributed by atoms with van der Waals surface area (Å²) >= 11 is 0. The molecule has 0 spiro atoms. The third-order valence-corrected chi connectivity index (χ3v) is 7.20. The average molecular weight is 463 g/mol.